The summed E-state index contributed by atoms with van der Waals surface area (Å²) in [6, 6.07) is 16.5. The number of fused-ring (bicyclic) bond motifs is 1. The Kier molecular flexibility index (Phi) is 3.47. The van der Waals surface area contributed by atoms with Gasteiger partial charge < -0.3 is 10.5 Å². The summed E-state index contributed by atoms with van der Waals surface area (Å²) in [6.45, 7) is 2.07. The van der Waals surface area contributed by atoms with E-state index in [9.17, 15) is 0 Å². The van der Waals surface area contributed by atoms with Gasteiger partial charge in [-0.15, -0.1) is 11.3 Å². The van der Waals surface area contributed by atoms with Crippen molar-refractivity contribution in [3.63, 3.8) is 0 Å². The molecule has 0 saturated carbocycles. The molecule has 0 amide bonds. The lowest BCUT2D eigenvalue weighted by Gasteiger charge is -2.14. The van der Waals surface area contributed by atoms with Crippen LogP contribution in [0, 0.1) is 6.92 Å². The Morgan fingerprint density at radius 1 is 1.10 bits per heavy atom. The topological polar surface area (TPSA) is 35.2 Å². The largest absolute Gasteiger partial charge is 0.497 e. The van der Waals surface area contributed by atoms with Gasteiger partial charge in [0.2, 0.25) is 0 Å². The van der Waals surface area contributed by atoms with Crippen LogP contribution in [0.2, 0.25) is 0 Å². The van der Waals surface area contributed by atoms with Crippen LogP contribution >= 0.6 is 11.3 Å². The van der Waals surface area contributed by atoms with Gasteiger partial charge in [0.25, 0.3) is 0 Å². The molecule has 1 unspecified atom stereocenters. The van der Waals surface area contributed by atoms with Crippen molar-refractivity contribution in [1.82, 2.24) is 0 Å². The smallest absolute Gasteiger partial charge is 0.119 e. The van der Waals surface area contributed by atoms with E-state index in [-0.39, 0.29) is 6.04 Å². The van der Waals surface area contributed by atoms with Crippen LogP contribution in [0.15, 0.2) is 48.5 Å². The highest BCUT2D eigenvalue weighted by Gasteiger charge is 2.14. The molecule has 0 aliphatic heterocycles. The van der Waals surface area contributed by atoms with Gasteiger partial charge in [0.1, 0.15) is 5.75 Å². The molecule has 1 aromatic heterocycles. The minimum absolute atomic E-state index is 0.0849. The number of hydrogen-bond donors (Lipinski definition) is 1. The third kappa shape index (κ3) is 2.30. The molecule has 0 saturated heterocycles. The fourth-order valence-corrected chi connectivity index (χ4v) is 3.52. The Labute approximate surface area is 122 Å². The van der Waals surface area contributed by atoms with Crippen molar-refractivity contribution in [1.29, 1.82) is 0 Å². The molecule has 0 aliphatic rings. The lowest BCUT2D eigenvalue weighted by Crippen LogP contribution is -2.11. The first-order valence-corrected chi connectivity index (χ1v) is 7.39. The van der Waals surface area contributed by atoms with Gasteiger partial charge in [0.05, 0.1) is 13.2 Å². The molecule has 0 bridgehead atoms. The zero-order valence-electron chi connectivity index (χ0n) is 11.6. The number of nitrogens with two attached hydrogens (primary N) is 1. The average molecular weight is 283 g/mol. The molecule has 3 heteroatoms. The fraction of sp³-hybridized carbons (Fsp3) is 0.176. The molecule has 3 aromatic rings. The van der Waals surface area contributed by atoms with Gasteiger partial charge in [-0.25, -0.2) is 0 Å². The summed E-state index contributed by atoms with van der Waals surface area (Å²) in [5, 5.41) is 1.26. The second-order valence-corrected chi connectivity index (χ2v) is 6.00. The van der Waals surface area contributed by atoms with Crippen molar-refractivity contribution >= 4 is 21.4 Å². The van der Waals surface area contributed by atoms with Gasteiger partial charge in [0.15, 0.2) is 0 Å². The predicted octanol–water partition coefficient (Wildman–Crippen LogP) is 4.27. The second-order valence-electron chi connectivity index (χ2n) is 4.89. The SMILES string of the molecule is COc1ccc(C(N)c2cc3ccccc3s2)c(C)c1. The molecule has 20 heavy (non-hydrogen) atoms. The van der Waals surface area contributed by atoms with E-state index in [0.717, 1.165) is 16.9 Å². The maximum absolute atomic E-state index is 6.44. The molecule has 1 atom stereocenters. The number of hydrogen-bond acceptors (Lipinski definition) is 3. The van der Waals surface area contributed by atoms with E-state index in [4.69, 9.17) is 10.5 Å². The molecule has 3 rings (SSSR count). The summed E-state index contributed by atoms with van der Waals surface area (Å²) in [6.07, 6.45) is 0. The highest BCUT2D eigenvalue weighted by atomic mass is 32.1. The van der Waals surface area contributed by atoms with E-state index >= 15 is 0 Å². The third-order valence-corrected chi connectivity index (χ3v) is 4.76. The second kappa shape index (κ2) is 5.27. The minimum Gasteiger partial charge on any atom is -0.497 e. The van der Waals surface area contributed by atoms with E-state index in [1.165, 1.54) is 15.0 Å². The van der Waals surface area contributed by atoms with E-state index in [2.05, 4.69) is 43.3 Å². The van der Waals surface area contributed by atoms with Crippen LogP contribution in [0.4, 0.5) is 0 Å². The van der Waals surface area contributed by atoms with Crippen LogP contribution in [-0.2, 0) is 0 Å². The predicted molar refractivity (Wildman–Crippen MR) is 85.6 cm³/mol. The molecule has 0 fully saturated rings. The molecule has 0 spiro atoms. The van der Waals surface area contributed by atoms with Crippen LogP contribution in [0.1, 0.15) is 22.0 Å². The van der Waals surface area contributed by atoms with E-state index in [1.807, 2.05) is 12.1 Å². The van der Waals surface area contributed by atoms with Crippen molar-refractivity contribution < 1.29 is 4.74 Å². The number of rotatable bonds is 3. The molecule has 0 aliphatic carbocycles. The standard InChI is InChI=1S/C17H17NOS/c1-11-9-13(19-2)7-8-14(11)17(18)16-10-12-5-3-4-6-15(12)20-16/h3-10,17H,18H2,1-2H3. The van der Waals surface area contributed by atoms with Gasteiger partial charge in [-0.05, 0) is 47.7 Å². The summed E-state index contributed by atoms with van der Waals surface area (Å²) < 4.78 is 6.53. The first-order valence-electron chi connectivity index (χ1n) is 6.57. The molecule has 2 aromatic carbocycles. The Bertz CT molecular complexity index is 715. The van der Waals surface area contributed by atoms with Crippen molar-refractivity contribution in [2.24, 2.45) is 5.73 Å². The Hall–Kier alpha value is -1.84. The first kappa shape index (κ1) is 13.2. The Balaban J connectivity index is 2.01. The molecule has 102 valence electrons. The lowest BCUT2D eigenvalue weighted by atomic mass is 10.00. The normalized spacial score (nSPS) is 12.6. The highest BCUT2D eigenvalue weighted by Crippen LogP contribution is 2.33. The van der Waals surface area contributed by atoms with Gasteiger partial charge >= 0.3 is 0 Å². The number of aryl methyl sites for hydroxylation is 1. The number of ether oxygens (including phenoxy) is 1. The van der Waals surface area contributed by atoms with Crippen LogP contribution in [-0.4, -0.2) is 7.11 Å². The molecule has 2 N–H and O–H groups in total. The Morgan fingerprint density at radius 2 is 1.90 bits per heavy atom. The number of benzene rings is 2. The zero-order valence-corrected chi connectivity index (χ0v) is 12.4. The molecular weight excluding hydrogens is 266 g/mol. The summed E-state index contributed by atoms with van der Waals surface area (Å²) in [4.78, 5) is 1.19. The van der Waals surface area contributed by atoms with E-state index in [1.54, 1.807) is 18.4 Å². The summed E-state index contributed by atoms with van der Waals surface area (Å²) >= 11 is 1.76. The van der Waals surface area contributed by atoms with Crippen LogP contribution in [0.5, 0.6) is 5.75 Å². The van der Waals surface area contributed by atoms with Crippen molar-refractivity contribution in [3.05, 3.63) is 64.5 Å². The average Bonchev–Trinajstić information content (AvgIpc) is 2.90. The quantitative estimate of drug-likeness (QED) is 0.779. The van der Waals surface area contributed by atoms with Crippen LogP contribution < -0.4 is 10.5 Å². The molecule has 0 radical (unpaired) electrons. The van der Waals surface area contributed by atoms with Crippen LogP contribution in [0.3, 0.4) is 0 Å². The number of methoxy groups -OCH3 is 1. The fourth-order valence-electron chi connectivity index (χ4n) is 2.43. The van der Waals surface area contributed by atoms with Gasteiger partial charge in [-0.3, -0.25) is 0 Å². The molecular formula is C17H17NOS. The van der Waals surface area contributed by atoms with Crippen molar-refractivity contribution in [2.75, 3.05) is 7.11 Å². The summed E-state index contributed by atoms with van der Waals surface area (Å²) in [5.74, 6) is 0.870. The number of thiophene rings is 1. The lowest BCUT2D eigenvalue weighted by molar-refractivity contribution is 0.414. The third-order valence-electron chi connectivity index (χ3n) is 3.56. The summed E-state index contributed by atoms with van der Waals surface area (Å²) in [7, 11) is 1.68. The van der Waals surface area contributed by atoms with Crippen molar-refractivity contribution in [2.45, 2.75) is 13.0 Å². The molecule has 1 heterocycles. The van der Waals surface area contributed by atoms with E-state index < -0.39 is 0 Å². The minimum atomic E-state index is -0.0849. The Morgan fingerprint density at radius 3 is 2.60 bits per heavy atom. The van der Waals surface area contributed by atoms with Crippen LogP contribution in [0.25, 0.3) is 10.1 Å². The maximum Gasteiger partial charge on any atom is 0.119 e. The van der Waals surface area contributed by atoms with Crippen molar-refractivity contribution in [3.8, 4) is 5.75 Å². The first-order chi connectivity index (χ1) is 9.69. The zero-order chi connectivity index (χ0) is 14.1. The monoisotopic (exact) mass is 283 g/mol. The van der Waals surface area contributed by atoms with Gasteiger partial charge in [0, 0.05) is 9.58 Å². The van der Waals surface area contributed by atoms with Gasteiger partial charge in [-0.1, -0.05) is 24.3 Å². The molecule has 2 nitrogen and oxygen atoms in total. The maximum atomic E-state index is 6.44. The van der Waals surface area contributed by atoms with Gasteiger partial charge in [-0.2, -0.15) is 0 Å². The van der Waals surface area contributed by atoms with E-state index in [0.29, 0.717) is 0 Å². The highest BCUT2D eigenvalue weighted by molar-refractivity contribution is 7.19. The summed E-state index contributed by atoms with van der Waals surface area (Å²) in [5.41, 5.74) is 8.75.